The van der Waals surface area contributed by atoms with Crippen LogP contribution in [0.2, 0.25) is 0 Å². The average molecular weight is 200 g/mol. The van der Waals surface area contributed by atoms with Crippen LogP contribution in [0.5, 0.6) is 0 Å². The fourth-order valence-electron chi connectivity index (χ4n) is 1.66. The molecule has 0 N–H and O–H groups in total. The highest BCUT2D eigenvalue weighted by Gasteiger charge is 2.26. The highest BCUT2D eigenvalue weighted by atomic mass is 31.0. The molecule has 1 unspecified atom stereocenters. The highest BCUT2D eigenvalue weighted by Crippen LogP contribution is 2.35. The molecule has 0 amide bonds. The van der Waals surface area contributed by atoms with Gasteiger partial charge < -0.3 is 4.74 Å². The van der Waals surface area contributed by atoms with Gasteiger partial charge in [0, 0.05) is 5.92 Å². The Balaban J connectivity index is 2.34. The average Bonchev–Trinajstić information content (AvgIpc) is 2.24. The van der Waals surface area contributed by atoms with E-state index in [-0.39, 0.29) is 5.60 Å². The first kappa shape index (κ1) is 11.2. The minimum Gasteiger partial charge on any atom is -0.375 e. The van der Waals surface area contributed by atoms with Crippen LogP contribution >= 0.6 is 9.24 Å². The topological polar surface area (TPSA) is 9.23 Å². The molecule has 0 aromatic carbocycles. The third kappa shape index (κ3) is 3.79. The first-order valence-corrected chi connectivity index (χ1v) is 5.62. The molecule has 1 nitrogen and oxygen atoms in total. The Labute approximate surface area is 84.1 Å². The van der Waals surface area contributed by atoms with Gasteiger partial charge in [0.25, 0.3) is 0 Å². The van der Waals surface area contributed by atoms with Crippen molar-refractivity contribution in [2.45, 2.75) is 44.9 Å². The lowest BCUT2D eigenvalue weighted by molar-refractivity contribution is -0.0158. The van der Waals surface area contributed by atoms with Gasteiger partial charge >= 0.3 is 0 Å². The zero-order valence-corrected chi connectivity index (χ0v) is 10.1. The zero-order chi connectivity index (χ0) is 10.1. The summed E-state index contributed by atoms with van der Waals surface area (Å²) in [4.78, 5) is 0. The van der Waals surface area contributed by atoms with Gasteiger partial charge in [-0.2, -0.15) is 0 Å². The summed E-state index contributed by atoms with van der Waals surface area (Å²) in [7, 11) is 2.88. The lowest BCUT2D eigenvalue weighted by atomic mass is 10.1. The number of hydrogen-bond donors (Lipinski definition) is 0. The van der Waals surface area contributed by atoms with E-state index >= 15 is 0 Å². The van der Waals surface area contributed by atoms with Crippen LogP contribution in [0.1, 0.15) is 33.6 Å². The molecule has 1 rings (SSSR count). The number of rotatable bonds is 2. The summed E-state index contributed by atoms with van der Waals surface area (Å²) in [6.07, 6.45) is 2.38. The van der Waals surface area contributed by atoms with E-state index in [0.29, 0.717) is 5.92 Å². The fraction of sp³-hybridized carbons (Fsp3) is 0.818. The second-order valence-corrected chi connectivity index (χ2v) is 5.92. The van der Waals surface area contributed by atoms with Crippen LogP contribution in [-0.4, -0.2) is 17.9 Å². The van der Waals surface area contributed by atoms with Gasteiger partial charge in [-0.25, -0.2) is 0 Å². The van der Waals surface area contributed by atoms with Crippen LogP contribution in [0.15, 0.2) is 12.2 Å². The number of ether oxygens (including phenoxy) is 1. The van der Waals surface area contributed by atoms with Gasteiger partial charge in [-0.05, 0) is 39.3 Å². The van der Waals surface area contributed by atoms with Gasteiger partial charge in [-0.15, -0.1) is 9.24 Å². The van der Waals surface area contributed by atoms with Crippen LogP contribution < -0.4 is 0 Å². The van der Waals surface area contributed by atoms with Crippen molar-refractivity contribution in [1.82, 2.24) is 0 Å². The van der Waals surface area contributed by atoms with E-state index in [9.17, 15) is 0 Å². The Hall–Kier alpha value is 0.130. The molecule has 1 fully saturated rings. The van der Waals surface area contributed by atoms with Crippen LogP contribution in [-0.2, 0) is 4.74 Å². The third-order valence-electron chi connectivity index (χ3n) is 2.41. The van der Waals surface area contributed by atoms with Crippen molar-refractivity contribution in [3.63, 3.8) is 0 Å². The largest absolute Gasteiger partial charge is 0.375 e. The highest BCUT2D eigenvalue weighted by molar-refractivity contribution is 7.17. The summed E-state index contributed by atoms with van der Waals surface area (Å²) in [6, 6.07) is 0. The molecule has 0 aliphatic heterocycles. The summed E-state index contributed by atoms with van der Waals surface area (Å²) in [5.41, 5.74) is 2.07. The van der Waals surface area contributed by atoms with E-state index in [2.05, 4.69) is 36.6 Å². The first-order chi connectivity index (χ1) is 5.88. The molecule has 0 spiro atoms. The third-order valence-corrected chi connectivity index (χ3v) is 2.91. The maximum atomic E-state index is 5.76. The van der Waals surface area contributed by atoms with Gasteiger partial charge in [0.1, 0.15) is 0 Å². The molecule has 1 aliphatic carbocycles. The van der Waals surface area contributed by atoms with Crippen molar-refractivity contribution in [3.05, 3.63) is 12.2 Å². The lowest BCUT2D eigenvalue weighted by Gasteiger charge is -2.22. The Morgan fingerprint density at radius 1 is 1.54 bits per heavy atom. The molecule has 1 aliphatic rings. The second kappa shape index (κ2) is 4.11. The molecule has 0 radical (unpaired) electrons. The van der Waals surface area contributed by atoms with E-state index in [0.717, 1.165) is 18.7 Å². The minimum absolute atomic E-state index is 0.0146. The molecule has 76 valence electrons. The maximum Gasteiger partial charge on any atom is 0.0598 e. The normalized spacial score (nSPS) is 29.7. The van der Waals surface area contributed by atoms with Gasteiger partial charge in [-0.3, -0.25) is 0 Å². The van der Waals surface area contributed by atoms with E-state index < -0.39 is 0 Å². The quantitative estimate of drug-likeness (QED) is 0.492. The summed E-state index contributed by atoms with van der Waals surface area (Å²) in [5.74, 6) is 0.585. The molecule has 1 saturated carbocycles. The molecule has 0 bridgehead atoms. The van der Waals surface area contributed by atoms with E-state index in [1.807, 2.05) is 0 Å². The van der Waals surface area contributed by atoms with Gasteiger partial charge in [-0.1, -0.05) is 12.2 Å². The molecule has 0 aromatic rings. The van der Waals surface area contributed by atoms with E-state index in [1.165, 1.54) is 12.0 Å². The van der Waals surface area contributed by atoms with Crippen molar-refractivity contribution < 1.29 is 4.74 Å². The number of hydrogen-bond acceptors (Lipinski definition) is 1. The van der Waals surface area contributed by atoms with Crippen LogP contribution in [0.4, 0.5) is 0 Å². The standard InChI is InChI=1S/C11H21OP/c1-8-5-10(13)6-9(8)7-12-11(2,3)4/h9-10H,1,5-7,13H2,2-4H3/t9-,10+/m0/s1. The Kier molecular flexibility index (Phi) is 3.54. The SMILES string of the molecule is C=C1C[C@@H](P)C[C@H]1COC(C)(C)C. The maximum absolute atomic E-state index is 5.76. The molecule has 0 heterocycles. The van der Waals surface area contributed by atoms with Gasteiger partial charge in [0.05, 0.1) is 12.2 Å². The Bertz CT molecular complexity index is 193. The molecule has 2 heteroatoms. The van der Waals surface area contributed by atoms with E-state index in [4.69, 9.17) is 4.74 Å². The van der Waals surface area contributed by atoms with Gasteiger partial charge in [0.2, 0.25) is 0 Å². The van der Waals surface area contributed by atoms with Crippen LogP contribution in [0.3, 0.4) is 0 Å². The first-order valence-electron chi connectivity index (χ1n) is 4.95. The minimum atomic E-state index is -0.0146. The van der Waals surface area contributed by atoms with Crippen molar-refractivity contribution in [3.8, 4) is 0 Å². The molecule has 0 saturated heterocycles. The summed E-state index contributed by atoms with van der Waals surface area (Å²) < 4.78 is 5.76. The van der Waals surface area contributed by atoms with Gasteiger partial charge in [0.15, 0.2) is 0 Å². The van der Waals surface area contributed by atoms with Crippen molar-refractivity contribution in [1.29, 1.82) is 0 Å². The molecule has 0 aromatic heterocycles. The summed E-state index contributed by atoms with van der Waals surface area (Å²) >= 11 is 0. The predicted molar refractivity (Wildman–Crippen MR) is 61.1 cm³/mol. The molecular weight excluding hydrogens is 179 g/mol. The Morgan fingerprint density at radius 3 is 2.54 bits per heavy atom. The van der Waals surface area contributed by atoms with Crippen LogP contribution in [0.25, 0.3) is 0 Å². The summed E-state index contributed by atoms with van der Waals surface area (Å²) in [5, 5.41) is 0. The van der Waals surface area contributed by atoms with Crippen molar-refractivity contribution >= 4 is 9.24 Å². The monoisotopic (exact) mass is 200 g/mol. The zero-order valence-electron chi connectivity index (χ0n) is 8.97. The molecular formula is C11H21OP. The Morgan fingerprint density at radius 2 is 2.15 bits per heavy atom. The fourth-order valence-corrected chi connectivity index (χ4v) is 2.29. The van der Waals surface area contributed by atoms with E-state index in [1.54, 1.807) is 0 Å². The second-order valence-electron chi connectivity index (χ2n) is 4.98. The predicted octanol–water partition coefficient (Wildman–Crippen LogP) is 3.01. The summed E-state index contributed by atoms with van der Waals surface area (Å²) in [6.45, 7) is 11.2. The molecule has 3 atom stereocenters. The smallest absolute Gasteiger partial charge is 0.0598 e. The van der Waals surface area contributed by atoms with Crippen molar-refractivity contribution in [2.75, 3.05) is 6.61 Å². The van der Waals surface area contributed by atoms with Crippen molar-refractivity contribution in [2.24, 2.45) is 5.92 Å². The molecule has 13 heavy (non-hydrogen) atoms. The lowest BCUT2D eigenvalue weighted by Crippen LogP contribution is -2.23. The van der Waals surface area contributed by atoms with Crippen LogP contribution in [0, 0.1) is 5.92 Å².